The molecule has 0 aliphatic carbocycles. The van der Waals surface area contributed by atoms with Gasteiger partial charge in [0.25, 0.3) is 0 Å². The van der Waals surface area contributed by atoms with Crippen molar-refractivity contribution in [2.75, 3.05) is 6.54 Å². The summed E-state index contributed by atoms with van der Waals surface area (Å²) in [6, 6.07) is 1.29. The van der Waals surface area contributed by atoms with Gasteiger partial charge in [0.1, 0.15) is 6.04 Å². The Morgan fingerprint density at radius 3 is 2.69 bits per heavy atom. The number of carboxylic acids is 1. The Morgan fingerprint density at radius 1 is 1.50 bits per heavy atom. The van der Waals surface area contributed by atoms with E-state index >= 15 is 0 Å². The summed E-state index contributed by atoms with van der Waals surface area (Å²) >= 11 is 0. The number of aliphatic carboxylic acids is 1. The van der Waals surface area contributed by atoms with E-state index in [1.54, 1.807) is 32.3 Å². The van der Waals surface area contributed by atoms with Crippen molar-refractivity contribution in [3.8, 4) is 0 Å². The molecule has 2 unspecified atom stereocenters. The van der Waals surface area contributed by atoms with Crippen LogP contribution in [0.25, 0.3) is 0 Å². The number of hydrogen-bond donors (Lipinski definition) is 2. The van der Waals surface area contributed by atoms with E-state index in [9.17, 15) is 9.59 Å². The van der Waals surface area contributed by atoms with Gasteiger partial charge in [-0.05, 0) is 13.0 Å². The van der Waals surface area contributed by atoms with Crippen LogP contribution < -0.4 is 5.32 Å². The maximum atomic E-state index is 11.6. The smallest absolute Gasteiger partial charge is 0.308 e. The number of carboxylic acid groups (broad SMARTS) is 1. The molecule has 2 atom stereocenters. The number of aromatic nitrogens is 2. The minimum Gasteiger partial charge on any atom is -0.481 e. The molecule has 0 aliphatic heterocycles. The van der Waals surface area contributed by atoms with Crippen LogP contribution in [0.5, 0.6) is 0 Å². The molecule has 1 aromatic heterocycles. The molecule has 1 amide bonds. The van der Waals surface area contributed by atoms with Crippen LogP contribution in [-0.4, -0.2) is 33.3 Å². The first-order valence-electron chi connectivity index (χ1n) is 5.02. The summed E-state index contributed by atoms with van der Waals surface area (Å²) < 4.78 is 1.51. The first-order chi connectivity index (χ1) is 7.52. The summed E-state index contributed by atoms with van der Waals surface area (Å²) in [7, 11) is 0. The molecule has 0 bridgehead atoms. The maximum absolute atomic E-state index is 11.6. The first-order valence-corrected chi connectivity index (χ1v) is 5.02. The van der Waals surface area contributed by atoms with Crippen LogP contribution in [0.3, 0.4) is 0 Å². The molecule has 1 rings (SSSR count). The summed E-state index contributed by atoms with van der Waals surface area (Å²) in [5.74, 6) is -1.75. The fourth-order valence-corrected chi connectivity index (χ4v) is 1.12. The Bertz CT molecular complexity index is 361. The normalized spacial score (nSPS) is 14.1. The van der Waals surface area contributed by atoms with Gasteiger partial charge >= 0.3 is 5.97 Å². The highest BCUT2D eigenvalue weighted by Gasteiger charge is 2.17. The van der Waals surface area contributed by atoms with Gasteiger partial charge in [0.15, 0.2) is 0 Å². The van der Waals surface area contributed by atoms with Crippen molar-refractivity contribution in [2.24, 2.45) is 5.92 Å². The average Bonchev–Trinajstić information content (AvgIpc) is 2.77. The molecule has 0 aromatic carbocycles. The Labute approximate surface area is 93.3 Å². The number of nitrogens with zero attached hydrogens (tertiary/aromatic N) is 2. The molecule has 0 spiro atoms. The van der Waals surface area contributed by atoms with Crippen molar-refractivity contribution >= 4 is 11.9 Å². The van der Waals surface area contributed by atoms with Crippen LogP contribution >= 0.6 is 0 Å². The van der Waals surface area contributed by atoms with Gasteiger partial charge in [-0.15, -0.1) is 0 Å². The van der Waals surface area contributed by atoms with Crippen LogP contribution in [0, 0.1) is 5.92 Å². The Morgan fingerprint density at radius 2 is 2.19 bits per heavy atom. The fourth-order valence-electron chi connectivity index (χ4n) is 1.12. The molecule has 1 heterocycles. The Balaban J connectivity index is 2.44. The number of carbonyl (C=O) groups excluding carboxylic acids is 1. The second kappa shape index (κ2) is 5.29. The molecule has 1 aromatic rings. The van der Waals surface area contributed by atoms with Crippen LogP contribution in [0.1, 0.15) is 19.9 Å². The van der Waals surface area contributed by atoms with E-state index < -0.39 is 17.9 Å². The molecule has 6 nitrogen and oxygen atoms in total. The zero-order valence-electron chi connectivity index (χ0n) is 9.25. The lowest BCUT2D eigenvalue weighted by molar-refractivity contribution is -0.141. The lowest BCUT2D eigenvalue weighted by Crippen LogP contribution is -2.36. The van der Waals surface area contributed by atoms with Crippen LogP contribution in [0.2, 0.25) is 0 Å². The molecular weight excluding hydrogens is 210 g/mol. The predicted molar refractivity (Wildman–Crippen MR) is 56.7 cm³/mol. The SMILES string of the molecule is CC(CNC(=O)C(C)n1cccn1)C(=O)O. The third kappa shape index (κ3) is 3.08. The fraction of sp³-hybridized carbons (Fsp3) is 0.500. The van der Waals surface area contributed by atoms with E-state index in [2.05, 4.69) is 10.4 Å². The summed E-state index contributed by atoms with van der Waals surface area (Å²) in [5, 5.41) is 15.2. The molecule has 0 radical (unpaired) electrons. The molecule has 0 saturated heterocycles. The number of hydrogen-bond acceptors (Lipinski definition) is 3. The topological polar surface area (TPSA) is 84.2 Å². The third-order valence-corrected chi connectivity index (χ3v) is 2.31. The minimum absolute atomic E-state index is 0.125. The van der Waals surface area contributed by atoms with Crippen molar-refractivity contribution in [1.82, 2.24) is 15.1 Å². The largest absolute Gasteiger partial charge is 0.481 e. The minimum atomic E-state index is -0.924. The van der Waals surface area contributed by atoms with E-state index in [0.29, 0.717) is 0 Å². The van der Waals surface area contributed by atoms with E-state index in [-0.39, 0.29) is 12.5 Å². The van der Waals surface area contributed by atoms with Crippen LogP contribution in [0.15, 0.2) is 18.5 Å². The van der Waals surface area contributed by atoms with Crippen molar-refractivity contribution in [3.63, 3.8) is 0 Å². The van der Waals surface area contributed by atoms with Crippen molar-refractivity contribution in [1.29, 1.82) is 0 Å². The monoisotopic (exact) mass is 225 g/mol. The van der Waals surface area contributed by atoms with Gasteiger partial charge in [-0.1, -0.05) is 6.92 Å². The standard InChI is InChI=1S/C10H15N3O3/c1-7(10(15)16)6-11-9(14)8(2)13-5-3-4-12-13/h3-5,7-8H,6H2,1-2H3,(H,11,14)(H,15,16). The molecule has 16 heavy (non-hydrogen) atoms. The second-order valence-corrected chi connectivity index (χ2v) is 3.65. The van der Waals surface area contributed by atoms with E-state index in [1.165, 1.54) is 4.68 Å². The van der Waals surface area contributed by atoms with Gasteiger partial charge in [-0.2, -0.15) is 5.10 Å². The summed E-state index contributed by atoms with van der Waals surface area (Å²) in [6.45, 7) is 3.37. The predicted octanol–water partition coefficient (Wildman–Crippen LogP) is 0.281. The zero-order valence-corrected chi connectivity index (χ0v) is 9.25. The van der Waals surface area contributed by atoms with Crippen molar-refractivity contribution in [2.45, 2.75) is 19.9 Å². The molecular formula is C10H15N3O3. The third-order valence-electron chi connectivity index (χ3n) is 2.31. The molecule has 2 N–H and O–H groups in total. The lowest BCUT2D eigenvalue weighted by Gasteiger charge is -2.13. The Kier molecular flexibility index (Phi) is 4.04. The zero-order chi connectivity index (χ0) is 12.1. The Hall–Kier alpha value is -1.85. The summed E-state index contributed by atoms with van der Waals surface area (Å²) in [4.78, 5) is 22.1. The first kappa shape index (κ1) is 12.2. The van der Waals surface area contributed by atoms with Crippen molar-refractivity contribution < 1.29 is 14.7 Å². The number of carbonyl (C=O) groups is 2. The second-order valence-electron chi connectivity index (χ2n) is 3.65. The van der Waals surface area contributed by atoms with Crippen LogP contribution in [-0.2, 0) is 9.59 Å². The molecule has 0 aliphatic rings. The van der Waals surface area contributed by atoms with Gasteiger partial charge < -0.3 is 10.4 Å². The lowest BCUT2D eigenvalue weighted by atomic mass is 10.2. The highest BCUT2D eigenvalue weighted by molar-refractivity contribution is 5.80. The highest BCUT2D eigenvalue weighted by atomic mass is 16.4. The molecule has 0 fully saturated rings. The van der Waals surface area contributed by atoms with Gasteiger partial charge in [0, 0.05) is 18.9 Å². The van der Waals surface area contributed by atoms with E-state index in [4.69, 9.17) is 5.11 Å². The van der Waals surface area contributed by atoms with Crippen molar-refractivity contribution in [3.05, 3.63) is 18.5 Å². The summed E-state index contributed by atoms with van der Waals surface area (Å²) in [5.41, 5.74) is 0. The van der Waals surface area contributed by atoms with Gasteiger partial charge in [0.05, 0.1) is 5.92 Å². The molecule has 88 valence electrons. The van der Waals surface area contributed by atoms with E-state index in [0.717, 1.165) is 0 Å². The maximum Gasteiger partial charge on any atom is 0.308 e. The number of nitrogens with one attached hydrogen (secondary N) is 1. The van der Waals surface area contributed by atoms with Gasteiger partial charge in [-0.3, -0.25) is 14.3 Å². The highest BCUT2D eigenvalue weighted by Crippen LogP contribution is 2.03. The summed E-state index contributed by atoms with van der Waals surface area (Å²) in [6.07, 6.45) is 3.27. The van der Waals surface area contributed by atoms with E-state index in [1.807, 2.05) is 0 Å². The van der Waals surface area contributed by atoms with Gasteiger partial charge in [0.2, 0.25) is 5.91 Å². The average molecular weight is 225 g/mol. The molecule has 0 saturated carbocycles. The molecule has 6 heteroatoms. The number of amides is 1. The quantitative estimate of drug-likeness (QED) is 0.753. The number of rotatable bonds is 5. The van der Waals surface area contributed by atoms with Gasteiger partial charge in [-0.25, -0.2) is 0 Å². The van der Waals surface area contributed by atoms with Crippen LogP contribution in [0.4, 0.5) is 0 Å².